The molecule has 3 aromatic rings. The number of benzene rings is 1. The number of nitrogens with zero attached hydrogens (tertiary/aromatic N) is 4. The number of nitrogens with one attached hydrogen (secondary N) is 1. The Kier molecular flexibility index (Phi) is 3.99. The van der Waals surface area contributed by atoms with Gasteiger partial charge in [-0.1, -0.05) is 6.07 Å². The van der Waals surface area contributed by atoms with Crippen molar-refractivity contribution in [3.8, 4) is 0 Å². The van der Waals surface area contributed by atoms with Crippen LogP contribution in [0.5, 0.6) is 0 Å². The summed E-state index contributed by atoms with van der Waals surface area (Å²) in [6.45, 7) is 2.36. The van der Waals surface area contributed by atoms with Crippen molar-refractivity contribution in [2.75, 3.05) is 5.32 Å². The van der Waals surface area contributed by atoms with E-state index >= 15 is 0 Å². The molecule has 0 aliphatic heterocycles. The fraction of sp³-hybridized carbons (Fsp3) is 0.200. The van der Waals surface area contributed by atoms with Gasteiger partial charge in [0.25, 0.3) is 0 Å². The van der Waals surface area contributed by atoms with Gasteiger partial charge in [0.2, 0.25) is 5.82 Å². The molecule has 0 aliphatic rings. The maximum Gasteiger partial charge on any atom is 0.312 e. The van der Waals surface area contributed by atoms with E-state index in [1.54, 1.807) is 0 Å². The molecule has 2 heterocycles. The SMILES string of the molecule is Cc1ccc2c(c1)nc(CNc1ncc(Br)cc1[N+](=O)[O-])n2C. The Labute approximate surface area is 140 Å². The summed E-state index contributed by atoms with van der Waals surface area (Å²) in [6.07, 6.45) is 1.52. The average Bonchev–Trinajstić information content (AvgIpc) is 2.81. The van der Waals surface area contributed by atoms with Gasteiger partial charge in [-0.25, -0.2) is 9.97 Å². The van der Waals surface area contributed by atoms with Crippen molar-refractivity contribution < 1.29 is 4.92 Å². The third-order valence-corrected chi connectivity index (χ3v) is 4.01. The molecule has 118 valence electrons. The predicted molar refractivity (Wildman–Crippen MR) is 91.4 cm³/mol. The second-order valence-corrected chi connectivity index (χ2v) is 6.13. The normalized spacial score (nSPS) is 10.9. The van der Waals surface area contributed by atoms with Crippen LogP contribution in [0.3, 0.4) is 0 Å². The number of anilines is 1. The maximum atomic E-state index is 11.1. The first kappa shape index (κ1) is 15.4. The highest BCUT2D eigenvalue weighted by molar-refractivity contribution is 9.10. The van der Waals surface area contributed by atoms with Crippen LogP contribution in [0, 0.1) is 17.0 Å². The summed E-state index contributed by atoms with van der Waals surface area (Å²) in [6, 6.07) is 7.48. The number of halogens is 1. The van der Waals surface area contributed by atoms with Crippen LogP contribution in [0.1, 0.15) is 11.4 Å². The Morgan fingerprint density at radius 1 is 1.39 bits per heavy atom. The predicted octanol–water partition coefficient (Wildman–Crippen LogP) is 3.56. The molecular weight excluding hydrogens is 362 g/mol. The van der Waals surface area contributed by atoms with Gasteiger partial charge in [0.15, 0.2) is 0 Å². The molecule has 0 aliphatic carbocycles. The highest BCUT2D eigenvalue weighted by atomic mass is 79.9. The number of aromatic nitrogens is 3. The van der Waals surface area contributed by atoms with Crippen molar-refractivity contribution in [2.24, 2.45) is 7.05 Å². The molecule has 7 nitrogen and oxygen atoms in total. The van der Waals surface area contributed by atoms with Gasteiger partial charge < -0.3 is 9.88 Å². The topological polar surface area (TPSA) is 85.9 Å². The van der Waals surface area contributed by atoms with Crippen LogP contribution in [-0.4, -0.2) is 19.5 Å². The van der Waals surface area contributed by atoms with Crippen molar-refractivity contribution in [2.45, 2.75) is 13.5 Å². The third kappa shape index (κ3) is 3.02. The number of pyridine rings is 1. The van der Waals surface area contributed by atoms with Crippen molar-refractivity contribution in [1.29, 1.82) is 0 Å². The zero-order chi connectivity index (χ0) is 16.6. The lowest BCUT2D eigenvalue weighted by atomic mass is 10.2. The Balaban J connectivity index is 1.89. The molecule has 0 atom stereocenters. The molecule has 0 saturated heterocycles. The Bertz CT molecular complexity index is 906. The Morgan fingerprint density at radius 2 is 2.17 bits per heavy atom. The lowest BCUT2D eigenvalue weighted by Gasteiger charge is -2.06. The van der Waals surface area contributed by atoms with Gasteiger partial charge >= 0.3 is 5.69 Å². The van der Waals surface area contributed by atoms with E-state index < -0.39 is 4.92 Å². The second kappa shape index (κ2) is 5.96. The van der Waals surface area contributed by atoms with Crippen LogP contribution >= 0.6 is 15.9 Å². The van der Waals surface area contributed by atoms with Gasteiger partial charge in [-0.15, -0.1) is 0 Å². The van der Waals surface area contributed by atoms with E-state index in [9.17, 15) is 10.1 Å². The smallest absolute Gasteiger partial charge is 0.312 e. The van der Waals surface area contributed by atoms with Gasteiger partial charge in [0, 0.05) is 23.8 Å². The van der Waals surface area contributed by atoms with Gasteiger partial charge in [0.05, 0.1) is 22.5 Å². The van der Waals surface area contributed by atoms with E-state index in [2.05, 4.69) is 31.2 Å². The van der Waals surface area contributed by atoms with Gasteiger partial charge in [-0.3, -0.25) is 10.1 Å². The van der Waals surface area contributed by atoms with Crippen LogP contribution in [0.15, 0.2) is 34.9 Å². The Hall–Kier alpha value is -2.48. The molecule has 8 heteroatoms. The fourth-order valence-electron chi connectivity index (χ4n) is 2.38. The van der Waals surface area contributed by atoms with E-state index in [4.69, 9.17) is 0 Å². The van der Waals surface area contributed by atoms with E-state index in [0.717, 1.165) is 22.4 Å². The quantitative estimate of drug-likeness (QED) is 0.556. The first-order valence-corrected chi connectivity index (χ1v) is 7.71. The van der Waals surface area contributed by atoms with E-state index in [-0.39, 0.29) is 11.5 Å². The van der Waals surface area contributed by atoms with Gasteiger partial charge in [0.1, 0.15) is 5.82 Å². The van der Waals surface area contributed by atoms with Crippen LogP contribution in [0.4, 0.5) is 11.5 Å². The first-order valence-electron chi connectivity index (χ1n) is 6.91. The molecule has 3 rings (SSSR count). The monoisotopic (exact) mass is 375 g/mol. The minimum Gasteiger partial charge on any atom is -0.357 e. The first-order chi connectivity index (χ1) is 11.0. The van der Waals surface area contributed by atoms with E-state index in [1.807, 2.05) is 36.7 Å². The second-order valence-electron chi connectivity index (χ2n) is 5.21. The molecular formula is C15H14BrN5O2. The van der Waals surface area contributed by atoms with E-state index in [0.29, 0.717) is 11.0 Å². The summed E-state index contributed by atoms with van der Waals surface area (Å²) in [5.74, 6) is 1.01. The number of imidazole rings is 1. The highest BCUT2D eigenvalue weighted by Crippen LogP contribution is 2.26. The summed E-state index contributed by atoms with van der Waals surface area (Å²) in [5.41, 5.74) is 2.99. The molecule has 1 N–H and O–H groups in total. The zero-order valence-electron chi connectivity index (χ0n) is 12.6. The van der Waals surface area contributed by atoms with Gasteiger partial charge in [-0.05, 0) is 40.5 Å². The molecule has 0 saturated carbocycles. The van der Waals surface area contributed by atoms with E-state index in [1.165, 1.54) is 12.3 Å². The van der Waals surface area contributed by atoms with Crippen molar-refractivity contribution >= 4 is 38.5 Å². The van der Waals surface area contributed by atoms with Crippen LogP contribution in [0.25, 0.3) is 11.0 Å². The zero-order valence-corrected chi connectivity index (χ0v) is 14.2. The lowest BCUT2D eigenvalue weighted by Crippen LogP contribution is -2.08. The lowest BCUT2D eigenvalue weighted by molar-refractivity contribution is -0.384. The number of nitro groups is 1. The molecule has 0 amide bonds. The maximum absolute atomic E-state index is 11.1. The summed E-state index contributed by atoms with van der Waals surface area (Å²) in [7, 11) is 1.92. The number of aryl methyl sites for hydroxylation is 2. The summed E-state index contributed by atoms with van der Waals surface area (Å²) >= 11 is 3.19. The summed E-state index contributed by atoms with van der Waals surface area (Å²) < 4.78 is 2.53. The number of rotatable bonds is 4. The van der Waals surface area contributed by atoms with Crippen LogP contribution < -0.4 is 5.32 Å². The van der Waals surface area contributed by atoms with Crippen molar-refractivity contribution in [3.05, 3.63) is 56.4 Å². The fourth-order valence-corrected chi connectivity index (χ4v) is 2.70. The van der Waals surface area contributed by atoms with Crippen molar-refractivity contribution in [1.82, 2.24) is 14.5 Å². The molecule has 0 bridgehead atoms. The molecule has 1 aromatic carbocycles. The average molecular weight is 376 g/mol. The molecule has 23 heavy (non-hydrogen) atoms. The third-order valence-electron chi connectivity index (χ3n) is 3.57. The number of fused-ring (bicyclic) bond motifs is 1. The minimum absolute atomic E-state index is 0.0750. The molecule has 0 spiro atoms. The summed E-state index contributed by atoms with van der Waals surface area (Å²) in [4.78, 5) is 19.3. The highest BCUT2D eigenvalue weighted by Gasteiger charge is 2.16. The van der Waals surface area contributed by atoms with Crippen molar-refractivity contribution in [3.63, 3.8) is 0 Å². The molecule has 0 unspecified atom stereocenters. The largest absolute Gasteiger partial charge is 0.357 e. The Morgan fingerprint density at radius 3 is 2.91 bits per heavy atom. The van der Waals surface area contributed by atoms with Gasteiger partial charge in [-0.2, -0.15) is 0 Å². The number of hydrogen-bond acceptors (Lipinski definition) is 5. The van der Waals surface area contributed by atoms with Crippen LogP contribution in [0.2, 0.25) is 0 Å². The number of hydrogen-bond donors (Lipinski definition) is 1. The molecule has 0 fully saturated rings. The van der Waals surface area contributed by atoms with Crippen LogP contribution in [-0.2, 0) is 13.6 Å². The molecule has 2 aromatic heterocycles. The molecule has 0 radical (unpaired) electrons. The minimum atomic E-state index is -0.460. The standard InChI is InChI=1S/C15H14BrN5O2/c1-9-3-4-12-11(5-9)19-14(20(12)2)8-18-15-13(21(22)23)6-10(16)7-17-15/h3-7H,8H2,1-2H3,(H,17,18). The summed E-state index contributed by atoms with van der Waals surface area (Å²) in [5, 5.41) is 14.1.